The lowest BCUT2D eigenvalue weighted by Crippen LogP contribution is -2.57. The first kappa shape index (κ1) is 27.8. The van der Waals surface area contributed by atoms with E-state index in [4.69, 9.17) is 31.0 Å². The fraction of sp³-hybridized carbons (Fsp3) is 0.727. The molecule has 0 aromatic carbocycles. The van der Waals surface area contributed by atoms with Crippen molar-refractivity contribution in [2.75, 3.05) is 13.3 Å². The Morgan fingerprint density at radius 2 is 1.81 bits per heavy atom. The second-order valence-electron chi connectivity index (χ2n) is 6.73. The second-order valence-corrected chi connectivity index (χ2v) is 12.0. The maximum Gasteiger partial charge on any atom is 0.490 e. The number of carbonyl (C=O) groups is 1. The molecule has 2 aliphatic rings. The summed E-state index contributed by atoms with van der Waals surface area (Å²) in [4.78, 5) is 46.0. The smallest absolute Gasteiger partial charge is 0.388 e. The monoisotopic (exact) mass is 550 g/mol. The molecular weight excluding hydrogens is 531 g/mol. The molecule has 2 rings (SSSR count). The van der Waals surface area contributed by atoms with Crippen LogP contribution in [0.25, 0.3) is 0 Å². The number of phosphoric ester groups is 1. The summed E-state index contributed by atoms with van der Waals surface area (Å²) in [6, 6.07) is 0. The number of nitrogens with one attached hydrogen (secondary N) is 1. The number of aliphatic hydroxyl groups is 2. The first-order valence-corrected chi connectivity index (χ1v) is 13.1. The van der Waals surface area contributed by atoms with E-state index in [-0.39, 0.29) is 0 Å². The minimum Gasteiger partial charge on any atom is -0.388 e. The summed E-state index contributed by atoms with van der Waals surface area (Å²) in [5.74, 6) is -0.687. The van der Waals surface area contributed by atoms with Crippen molar-refractivity contribution in [3.63, 3.8) is 0 Å². The summed E-state index contributed by atoms with van der Waals surface area (Å²) in [5, 5.41) is 22.6. The lowest BCUT2D eigenvalue weighted by molar-refractivity contribution is -0.175. The van der Waals surface area contributed by atoms with Crippen molar-refractivity contribution >= 4 is 41.0 Å². The van der Waals surface area contributed by atoms with Crippen molar-refractivity contribution in [2.24, 2.45) is 0 Å². The zero-order valence-electron chi connectivity index (χ0n) is 15.8. The van der Waals surface area contributed by atoms with E-state index in [1.54, 1.807) is 0 Å². The first-order valence-electron chi connectivity index (χ1n) is 8.17. The topological polar surface area (TPSA) is 242 Å². The van der Waals surface area contributed by atoms with Gasteiger partial charge in [-0.3, -0.25) is 9.32 Å². The van der Waals surface area contributed by atoms with E-state index >= 15 is 0 Å². The Kier molecular flexibility index (Phi) is 8.06. The Hall–Kier alpha value is -0.480. The zero-order valence-corrected chi connectivity index (χ0v) is 19.2. The van der Waals surface area contributed by atoms with Gasteiger partial charge in [0, 0.05) is 12.3 Å². The number of nitrogens with zero attached hydrogens (tertiary/aromatic N) is 1. The third-order valence-electron chi connectivity index (χ3n) is 4.20. The Bertz CT molecular complexity index is 914. The van der Waals surface area contributed by atoms with Gasteiger partial charge in [0.15, 0.2) is 11.8 Å². The van der Waals surface area contributed by atoms with Crippen molar-refractivity contribution in [1.29, 1.82) is 0 Å². The molecule has 1 amide bonds. The van der Waals surface area contributed by atoms with Gasteiger partial charge in [0.1, 0.15) is 17.7 Å². The summed E-state index contributed by atoms with van der Waals surface area (Å²) in [7, 11) is -17.1. The molecule has 0 radical (unpaired) electrons. The van der Waals surface area contributed by atoms with E-state index in [2.05, 4.69) is 18.5 Å². The SMILES string of the molecule is CC1(Cl)C(N2C=CC(=O)NC2O)OC(CF)(COP(=O)(O)OP(=O)(O)OP(=O)(O)O)C1O. The predicted molar refractivity (Wildman–Crippen MR) is 98.8 cm³/mol. The number of phosphoric acid groups is 3. The summed E-state index contributed by atoms with van der Waals surface area (Å²) in [6.45, 7) is -1.79. The van der Waals surface area contributed by atoms with Gasteiger partial charge in [-0.25, -0.2) is 18.1 Å². The highest BCUT2D eigenvalue weighted by molar-refractivity contribution is 7.66. The van der Waals surface area contributed by atoms with Crippen LogP contribution < -0.4 is 5.32 Å². The van der Waals surface area contributed by atoms with Crippen LogP contribution in [0.2, 0.25) is 0 Å². The zero-order chi connectivity index (χ0) is 24.8. The molecule has 7 atom stereocenters. The molecule has 186 valence electrons. The van der Waals surface area contributed by atoms with Gasteiger partial charge < -0.3 is 44.7 Å². The van der Waals surface area contributed by atoms with Gasteiger partial charge in [0.05, 0.1) is 6.61 Å². The van der Waals surface area contributed by atoms with Gasteiger partial charge in [-0.05, 0) is 6.92 Å². The van der Waals surface area contributed by atoms with Crippen molar-refractivity contribution < 1.29 is 70.5 Å². The molecule has 0 aromatic rings. The highest BCUT2D eigenvalue weighted by atomic mass is 35.5. The lowest BCUT2D eigenvalue weighted by atomic mass is 9.91. The number of hydrogen-bond donors (Lipinski definition) is 7. The number of aliphatic hydroxyl groups excluding tert-OH is 2. The average Bonchev–Trinajstić information content (AvgIpc) is 2.78. The van der Waals surface area contributed by atoms with Crippen LogP contribution in [0, 0.1) is 0 Å². The summed E-state index contributed by atoms with van der Waals surface area (Å²) in [5.41, 5.74) is -2.50. The number of alkyl halides is 2. The largest absolute Gasteiger partial charge is 0.490 e. The molecule has 21 heteroatoms. The summed E-state index contributed by atoms with van der Waals surface area (Å²) in [6.07, 6.45) is -3.28. The standard InChI is InChI=1S/C11H19ClFN2O14P3/c1-10(12)7(17)11(4-13,27-8(10)15-3-2-6(16)14-9(15)18)5-26-31(22,23)29-32(24,25)28-30(19,20)21/h2-3,7-9,17-18H,4-5H2,1H3,(H,14,16)(H,22,23)(H,24,25)(H2,19,20,21). The van der Waals surface area contributed by atoms with Gasteiger partial charge in [-0.1, -0.05) is 0 Å². The van der Waals surface area contributed by atoms with Gasteiger partial charge in [0.25, 0.3) is 0 Å². The van der Waals surface area contributed by atoms with E-state index in [0.29, 0.717) is 0 Å². The van der Waals surface area contributed by atoms with Crippen molar-refractivity contribution in [2.45, 2.75) is 36.1 Å². The molecule has 2 aliphatic heterocycles. The molecule has 7 N–H and O–H groups in total. The number of amides is 1. The Balaban J connectivity index is 2.21. The predicted octanol–water partition coefficient (Wildman–Crippen LogP) is -1.03. The van der Waals surface area contributed by atoms with Crippen LogP contribution in [-0.4, -0.2) is 83.0 Å². The Morgan fingerprint density at radius 1 is 1.22 bits per heavy atom. The lowest BCUT2D eigenvalue weighted by Gasteiger charge is -2.38. The van der Waals surface area contributed by atoms with Crippen LogP contribution in [0.4, 0.5) is 4.39 Å². The van der Waals surface area contributed by atoms with Gasteiger partial charge in [-0.2, -0.15) is 8.62 Å². The summed E-state index contributed by atoms with van der Waals surface area (Å²) < 4.78 is 64.7. The maximum atomic E-state index is 13.9. The number of ether oxygens (including phenoxy) is 1. The van der Waals surface area contributed by atoms with Crippen LogP contribution in [0.1, 0.15) is 6.92 Å². The van der Waals surface area contributed by atoms with E-state index in [0.717, 1.165) is 24.1 Å². The van der Waals surface area contributed by atoms with Gasteiger partial charge in [-0.15, -0.1) is 11.6 Å². The average molecular weight is 551 g/mol. The Labute approximate surface area is 183 Å². The molecule has 1 fully saturated rings. The third kappa shape index (κ3) is 6.34. The quantitative estimate of drug-likeness (QED) is 0.134. The molecule has 0 bridgehead atoms. The molecule has 7 unspecified atom stereocenters. The van der Waals surface area contributed by atoms with E-state index in [9.17, 15) is 38.0 Å². The van der Waals surface area contributed by atoms with E-state index < -0.39 is 71.8 Å². The van der Waals surface area contributed by atoms with Crippen LogP contribution >= 0.6 is 35.1 Å². The fourth-order valence-electron chi connectivity index (χ4n) is 2.85. The van der Waals surface area contributed by atoms with Crippen LogP contribution in [0.3, 0.4) is 0 Å². The Morgan fingerprint density at radius 3 is 2.31 bits per heavy atom. The molecule has 0 aromatic heterocycles. The minimum atomic E-state index is -5.83. The van der Waals surface area contributed by atoms with Crippen molar-refractivity contribution in [3.05, 3.63) is 12.3 Å². The number of halogens is 2. The second kappa shape index (κ2) is 9.29. The van der Waals surface area contributed by atoms with Crippen LogP contribution in [0.5, 0.6) is 0 Å². The van der Waals surface area contributed by atoms with Gasteiger partial charge in [0.2, 0.25) is 12.3 Å². The number of carbonyl (C=O) groups excluding carboxylic acids is 1. The van der Waals surface area contributed by atoms with Crippen LogP contribution in [-0.2, 0) is 36.4 Å². The molecular formula is C11H19ClFN2O14P3. The molecule has 1 saturated heterocycles. The van der Waals surface area contributed by atoms with Crippen molar-refractivity contribution in [1.82, 2.24) is 10.2 Å². The maximum absolute atomic E-state index is 13.9. The van der Waals surface area contributed by atoms with Crippen molar-refractivity contribution in [3.8, 4) is 0 Å². The molecule has 16 nitrogen and oxygen atoms in total. The molecule has 0 spiro atoms. The van der Waals surface area contributed by atoms with E-state index in [1.807, 2.05) is 0 Å². The number of rotatable bonds is 9. The first-order chi connectivity index (χ1) is 14.3. The third-order valence-corrected chi connectivity index (χ3v) is 8.37. The highest BCUT2D eigenvalue weighted by Crippen LogP contribution is 2.66. The molecule has 0 aliphatic carbocycles. The highest BCUT2D eigenvalue weighted by Gasteiger charge is 2.64. The normalized spacial score (nSPS) is 37.1. The molecule has 2 heterocycles. The van der Waals surface area contributed by atoms with E-state index in [1.165, 1.54) is 0 Å². The minimum absolute atomic E-state index is 0.687. The van der Waals surface area contributed by atoms with Crippen LogP contribution in [0.15, 0.2) is 12.3 Å². The fourth-order valence-corrected chi connectivity index (χ4v) is 6.28. The molecule has 0 saturated carbocycles. The number of hydrogen-bond acceptors (Lipinski definition) is 11. The molecule has 32 heavy (non-hydrogen) atoms. The summed E-state index contributed by atoms with van der Waals surface area (Å²) >= 11 is 6.26. The van der Waals surface area contributed by atoms with Gasteiger partial charge >= 0.3 is 23.5 Å².